The summed E-state index contributed by atoms with van der Waals surface area (Å²) < 4.78 is 2.12. The molecule has 0 radical (unpaired) electrons. The van der Waals surface area contributed by atoms with E-state index in [-0.39, 0.29) is 5.41 Å². The quantitative estimate of drug-likeness (QED) is 0.833. The molecule has 1 aromatic rings. The molecule has 16 heavy (non-hydrogen) atoms. The van der Waals surface area contributed by atoms with Crippen molar-refractivity contribution in [2.75, 3.05) is 6.54 Å². The lowest BCUT2D eigenvalue weighted by atomic mass is 9.88. The van der Waals surface area contributed by atoms with Crippen molar-refractivity contribution in [3.05, 3.63) is 17.0 Å². The lowest BCUT2D eigenvalue weighted by Crippen LogP contribution is -2.23. The van der Waals surface area contributed by atoms with E-state index in [4.69, 9.17) is 5.73 Å². The molecule has 0 aromatic carbocycles. The normalized spacial score (nSPS) is 12.1. The summed E-state index contributed by atoms with van der Waals surface area (Å²) in [4.78, 5) is 0. The number of aryl methyl sites for hydroxylation is 2. The summed E-state index contributed by atoms with van der Waals surface area (Å²) in [6.07, 6.45) is 2.30. The minimum Gasteiger partial charge on any atom is -0.330 e. The Morgan fingerprint density at radius 3 is 2.31 bits per heavy atom. The second-order valence-electron chi connectivity index (χ2n) is 5.49. The monoisotopic (exact) mass is 223 g/mol. The molecule has 0 unspecified atom stereocenters. The molecular formula is C13H25N3. The van der Waals surface area contributed by atoms with Gasteiger partial charge < -0.3 is 5.73 Å². The fourth-order valence-electron chi connectivity index (χ4n) is 1.81. The standard InChI is InChI=1S/C13H25N3/c1-10-11(2)15-16(12(10)3)8-6-7-13(4,5)9-14/h6-9,14H2,1-5H3. The highest BCUT2D eigenvalue weighted by molar-refractivity contribution is 5.21. The van der Waals surface area contributed by atoms with E-state index in [0.29, 0.717) is 0 Å². The minimum atomic E-state index is 0.255. The van der Waals surface area contributed by atoms with Gasteiger partial charge in [-0.25, -0.2) is 0 Å². The summed E-state index contributed by atoms with van der Waals surface area (Å²) in [5, 5.41) is 4.54. The van der Waals surface area contributed by atoms with Crippen LogP contribution in [0.3, 0.4) is 0 Å². The van der Waals surface area contributed by atoms with E-state index in [9.17, 15) is 0 Å². The molecular weight excluding hydrogens is 198 g/mol. The van der Waals surface area contributed by atoms with Crippen LogP contribution in [0.25, 0.3) is 0 Å². The van der Waals surface area contributed by atoms with E-state index >= 15 is 0 Å². The Morgan fingerprint density at radius 1 is 1.25 bits per heavy atom. The molecule has 1 heterocycles. The third-order valence-electron chi connectivity index (χ3n) is 3.52. The Hall–Kier alpha value is -0.830. The Bertz CT molecular complexity index is 350. The summed E-state index contributed by atoms with van der Waals surface area (Å²) in [5.74, 6) is 0. The molecule has 0 fully saturated rings. The Morgan fingerprint density at radius 2 is 1.88 bits per heavy atom. The van der Waals surface area contributed by atoms with Crippen molar-refractivity contribution in [1.29, 1.82) is 0 Å². The number of nitrogens with two attached hydrogens (primary N) is 1. The second-order valence-corrected chi connectivity index (χ2v) is 5.49. The van der Waals surface area contributed by atoms with Crippen molar-refractivity contribution in [3.63, 3.8) is 0 Å². The van der Waals surface area contributed by atoms with Gasteiger partial charge in [0.2, 0.25) is 0 Å². The first-order valence-corrected chi connectivity index (χ1v) is 6.08. The van der Waals surface area contributed by atoms with Gasteiger partial charge in [0.1, 0.15) is 0 Å². The first kappa shape index (κ1) is 13.2. The van der Waals surface area contributed by atoms with E-state index in [2.05, 4.69) is 44.4 Å². The summed E-state index contributed by atoms with van der Waals surface area (Å²) >= 11 is 0. The van der Waals surface area contributed by atoms with Gasteiger partial charge in [0.15, 0.2) is 0 Å². The zero-order chi connectivity index (χ0) is 12.3. The topological polar surface area (TPSA) is 43.8 Å². The molecule has 2 N–H and O–H groups in total. The number of nitrogens with zero attached hydrogens (tertiary/aromatic N) is 2. The first-order chi connectivity index (χ1) is 7.37. The average molecular weight is 223 g/mol. The zero-order valence-corrected chi connectivity index (χ0v) is 11.3. The van der Waals surface area contributed by atoms with E-state index < -0.39 is 0 Å². The zero-order valence-electron chi connectivity index (χ0n) is 11.3. The van der Waals surface area contributed by atoms with Gasteiger partial charge in [-0.1, -0.05) is 13.8 Å². The number of hydrogen-bond donors (Lipinski definition) is 1. The van der Waals surface area contributed by atoms with Gasteiger partial charge in [-0.2, -0.15) is 5.10 Å². The molecule has 1 aromatic heterocycles. The van der Waals surface area contributed by atoms with Crippen LogP contribution in [-0.4, -0.2) is 16.3 Å². The van der Waals surface area contributed by atoms with Crippen LogP contribution in [0.15, 0.2) is 0 Å². The molecule has 3 heteroatoms. The summed E-state index contributed by atoms with van der Waals surface area (Å²) in [5.41, 5.74) is 9.74. The molecule has 0 saturated heterocycles. The molecule has 0 aliphatic heterocycles. The van der Waals surface area contributed by atoms with Crippen molar-refractivity contribution in [2.24, 2.45) is 11.1 Å². The van der Waals surface area contributed by atoms with Gasteiger partial charge in [0.25, 0.3) is 0 Å². The lowest BCUT2D eigenvalue weighted by Gasteiger charge is -2.22. The third kappa shape index (κ3) is 3.08. The summed E-state index contributed by atoms with van der Waals surface area (Å²) in [7, 11) is 0. The van der Waals surface area contributed by atoms with E-state index in [1.165, 1.54) is 11.3 Å². The molecule has 0 bridgehead atoms. The van der Waals surface area contributed by atoms with E-state index in [1.807, 2.05) is 0 Å². The minimum absolute atomic E-state index is 0.255. The van der Waals surface area contributed by atoms with Crippen LogP contribution >= 0.6 is 0 Å². The highest BCUT2D eigenvalue weighted by atomic mass is 15.3. The van der Waals surface area contributed by atoms with Gasteiger partial charge in [-0.3, -0.25) is 4.68 Å². The van der Waals surface area contributed by atoms with Crippen molar-refractivity contribution >= 4 is 0 Å². The SMILES string of the molecule is Cc1nn(CCCC(C)(C)CN)c(C)c1C. The Balaban J connectivity index is 2.53. The largest absolute Gasteiger partial charge is 0.330 e. The fraction of sp³-hybridized carbons (Fsp3) is 0.769. The predicted octanol–water partition coefficient (Wildman–Crippen LogP) is 2.57. The molecule has 0 spiro atoms. The van der Waals surface area contributed by atoms with Crippen LogP contribution in [0, 0.1) is 26.2 Å². The summed E-state index contributed by atoms with van der Waals surface area (Å²) in [6.45, 7) is 12.6. The maximum absolute atomic E-state index is 5.72. The van der Waals surface area contributed by atoms with Crippen LogP contribution in [0.5, 0.6) is 0 Å². The van der Waals surface area contributed by atoms with Gasteiger partial charge in [0.05, 0.1) is 5.69 Å². The summed E-state index contributed by atoms with van der Waals surface area (Å²) in [6, 6.07) is 0. The van der Waals surface area contributed by atoms with Crippen molar-refractivity contribution in [1.82, 2.24) is 9.78 Å². The van der Waals surface area contributed by atoms with Crippen molar-refractivity contribution < 1.29 is 0 Å². The second kappa shape index (κ2) is 5.00. The lowest BCUT2D eigenvalue weighted by molar-refractivity contribution is 0.323. The molecule has 0 aliphatic rings. The molecule has 0 aliphatic carbocycles. The predicted molar refractivity (Wildman–Crippen MR) is 68.5 cm³/mol. The van der Waals surface area contributed by atoms with Gasteiger partial charge in [0, 0.05) is 12.2 Å². The maximum Gasteiger partial charge on any atom is 0.0625 e. The van der Waals surface area contributed by atoms with Crippen LogP contribution in [0.1, 0.15) is 43.6 Å². The smallest absolute Gasteiger partial charge is 0.0625 e. The van der Waals surface area contributed by atoms with Crippen LogP contribution < -0.4 is 5.73 Å². The van der Waals surface area contributed by atoms with E-state index in [1.54, 1.807) is 0 Å². The van der Waals surface area contributed by atoms with Crippen molar-refractivity contribution in [3.8, 4) is 0 Å². The molecule has 0 saturated carbocycles. The molecule has 0 amide bonds. The van der Waals surface area contributed by atoms with Gasteiger partial charge in [-0.05, 0) is 51.1 Å². The third-order valence-corrected chi connectivity index (χ3v) is 3.52. The van der Waals surface area contributed by atoms with Crippen LogP contribution in [0.4, 0.5) is 0 Å². The highest BCUT2D eigenvalue weighted by Crippen LogP contribution is 2.21. The van der Waals surface area contributed by atoms with Crippen LogP contribution in [0.2, 0.25) is 0 Å². The molecule has 1 rings (SSSR count). The maximum atomic E-state index is 5.72. The average Bonchev–Trinajstić information content (AvgIpc) is 2.46. The van der Waals surface area contributed by atoms with E-state index in [0.717, 1.165) is 31.6 Å². The molecule has 0 atom stereocenters. The highest BCUT2D eigenvalue weighted by Gasteiger charge is 2.15. The number of hydrogen-bond acceptors (Lipinski definition) is 2. The number of aromatic nitrogens is 2. The number of rotatable bonds is 5. The molecule has 92 valence electrons. The van der Waals surface area contributed by atoms with Gasteiger partial charge in [-0.15, -0.1) is 0 Å². The molecule has 3 nitrogen and oxygen atoms in total. The van der Waals surface area contributed by atoms with Crippen molar-refractivity contribution in [2.45, 2.75) is 54.0 Å². The van der Waals surface area contributed by atoms with Gasteiger partial charge >= 0.3 is 0 Å². The first-order valence-electron chi connectivity index (χ1n) is 6.08. The Kier molecular flexibility index (Phi) is 4.14. The Labute approximate surface area is 99.0 Å². The van der Waals surface area contributed by atoms with Crippen LogP contribution in [-0.2, 0) is 6.54 Å². The fourth-order valence-corrected chi connectivity index (χ4v) is 1.81.